The van der Waals surface area contributed by atoms with Gasteiger partial charge in [-0.3, -0.25) is 0 Å². The molecule has 0 bridgehead atoms. The fraction of sp³-hybridized carbons (Fsp3) is 0. The zero-order chi connectivity index (χ0) is 23.0. The summed E-state index contributed by atoms with van der Waals surface area (Å²) in [6.07, 6.45) is 0. The van der Waals surface area contributed by atoms with Crippen molar-refractivity contribution in [3.05, 3.63) is 72.8 Å². The van der Waals surface area contributed by atoms with Crippen LogP contribution in [0.3, 0.4) is 0 Å². The molecular formula is C18H12K3NO9S3. The van der Waals surface area contributed by atoms with Crippen LogP contribution < -0.4 is 159 Å². The molecule has 0 saturated heterocycles. The van der Waals surface area contributed by atoms with Crippen molar-refractivity contribution in [1.29, 1.82) is 0 Å². The summed E-state index contributed by atoms with van der Waals surface area (Å²) in [6.45, 7) is 0. The van der Waals surface area contributed by atoms with E-state index in [2.05, 4.69) is 0 Å². The van der Waals surface area contributed by atoms with Gasteiger partial charge in [0, 0.05) is 17.1 Å². The summed E-state index contributed by atoms with van der Waals surface area (Å²) in [5, 5.41) is 0. The van der Waals surface area contributed by atoms with E-state index in [4.69, 9.17) is 0 Å². The predicted molar refractivity (Wildman–Crippen MR) is 105 cm³/mol. The summed E-state index contributed by atoms with van der Waals surface area (Å²) in [4.78, 5) is 0.0363. The minimum atomic E-state index is -4.69. The molecule has 0 aliphatic carbocycles. The van der Waals surface area contributed by atoms with Crippen LogP contribution in [0.1, 0.15) is 0 Å². The van der Waals surface area contributed by atoms with Crippen LogP contribution in [0, 0.1) is 0 Å². The topological polar surface area (TPSA) is 175 Å². The van der Waals surface area contributed by atoms with Gasteiger partial charge in [-0.2, -0.15) is 0 Å². The maximum Gasteiger partial charge on any atom is 1.00 e. The number of hydrogen-bond donors (Lipinski definition) is 0. The molecule has 0 aliphatic rings. The van der Waals surface area contributed by atoms with Crippen LogP contribution in [0.5, 0.6) is 0 Å². The molecule has 10 nitrogen and oxygen atoms in total. The number of anilines is 3. The van der Waals surface area contributed by atoms with Gasteiger partial charge in [0.05, 0.1) is 14.7 Å². The second-order valence-corrected chi connectivity index (χ2v) is 10.3. The Morgan fingerprint density at radius 3 is 0.735 bits per heavy atom. The second kappa shape index (κ2) is 14.5. The monoisotopic (exact) mass is 599 g/mol. The Morgan fingerprint density at radius 1 is 0.412 bits per heavy atom. The van der Waals surface area contributed by atoms with Gasteiger partial charge in [-0.15, -0.1) is 0 Å². The smallest absolute Gasteiger partial charge is 0.744 e. The van der Waals surface area contributed by atoms with Crippen molar-refractivity contribution in [1.82, 2.24) is 0 Å². The first kappa shape index (κ1) is 36.1. The molecule has 0 amide bonds. The zero-order valence-corrected chi connectivity index (χ0v) is 30.1. The molecule has 0 aliphatic heterocycles. The quantitative estimate of drug-likeness (QED) is 0.196. The molecule has 0 fully saturated rings. The molecule has 3 rings (SSSR count). The van der Waals surface area contributed by atoms with E-state index < -0.39 is 45.0 Å². The summed E-state index contributed by atoms with van der Waals surface area (Å²) in [5.41, 5.74) is 0.966. The molecule has 0 aromatic heterocycles. The van der Waals surface area contributed by atoms with Gasteiger partial charge in [-0.1, -0.05) is 0 Å². The number of rotatable bonds is 6. The minimum Gasteiger partial charge on any atom is -0.744 e. The Labute approximate surface area is 325 Å². The van der Waals surface area contributed by atoms with Gasteiger partial charge in [0.15, 0.2) is 0 Å². The Kier molecular flexibility index (Phi) is 15.4. The molecule has 34 heavy (non-hydrogen) atoms. The molecule has 0 radical (unpaired) electrons. The van der Waals surface area contributed by atoms with E-state index in [0.29, 0.717) is 17.1 Å². The summed E-state index contributed by atoms with van der Waals surface area (Å²) < 4.78 is 101. The van der Waals surface area contributed by atoms with Gasteiger partial charge in [0.2, 0.25) is 0 Å². The van der Waals surface area contributed by atoms with Crippen LogP contribution in [0.4, 0.5) is 17.1 Å². The fourth-order valence-electron chi connectivity index (χ4n) is 2.73. The average Bonchev–Trinajstić information content (AvgIpc) is 2.67. The first-order valence-electron chi connectivity index (χ1n) is 8.25. The molecule has 0 atom stereocenters. The average molecular weight is 600 g/mol. The predicted octanol–water partition coefficient (Wildman–Crippen LogP) is -7.12. The van der Waals surface area contributed by atoms with Crippen molar-refractivity contribution in [2.75, 3.05) is 4.90 Å². The van der Waals surface area contributed by atoms with E-state index in [1.165, 1.54) is 41.3 Å². The third-order valence-electron chi connectivity index (χ3n) is 4.15. The van der Waals surface area contributed by atoms with E-state index in [1.54, 1.807) is 0 Å². The van der Waals surface area contributed by atoms with Crippen LogP contribution in [-0.4, -0.2) is 38.9 Å². The van der Waals surface area contributed by atoms with Crippen LogP contribution in [0.2, 0.25) is 0 Å². The van der Waals surface area contributed by atoms with E-state index in [1.807, 2.05) is 0 Å². The van der Waals surface area contributed by atoms with Crippen LogP contribution in [0.25, 0.3) is 0 Å². The second-order valence-electron chi connectivity index (χ2n) is 6.18. The van der Waals surface area contributed by atoms with Crippen LogP contribution in [-0.2, 0) is 30.4 Å². The Balaban J connectivity index is 0.00000363. The molecule has 3 aromatic carbocycles. The third-order valence-corrected chi connectivity index (χ3v) is 6.70. The SMILES string of the molecule is O=S(=O)([O-])c1ccc(N(c2ccc(S(=O)(=O)[O-])cc2)c2ccc(S(=O)(=O)[O-])cc2)cc1.[K+].[K+].[K+]. The van der Waals surface area contributed by atoms with Crippen LogP contribution in [0.15, 0.2) is 87.5 Å². The van der Waals surface area contributed by atoms with Crippen molar-refractivity contribution in [2.45, 2.75) is 14.7 Å². The Morgan fingerprint density at radius 2 is 0.588 bits per heavy atom. The standard InChI is InChI=1S/C18H15NO9S3.3K/c20-29(21,22)16-7-1-13(2-8-16)19(14-3-9-17(10-4-14)30(23,24)25)15-5-11-18(12-6-15)31(26,27)28;;;/h1-12H,(H,20,21,22)(H,23,24,25)(H,26,27,28);;;/q;3*+1/p-3. The number of benzene rings is 3. The molecule has 3 aromatic rings. The van der Waals surface area contributed by atoms with Crippen molar-refractivity contribution < 1.29 is 193 Å². The summed E-state index contributed by atoms with van der Waals surface area (Å²) >= 11 is 0. The molecular weight excluding hydrogens is 588 g/mol. The maximum absolute atomic E-state index is 11.2. The van der Waals surface area contributed by atoms with E-state index >= 15 is 0 Å². The minimum absolute atomic E-state index is 0. The number of nitrogens with zero attached hydrogens (tertiary/aromatic N) is 1. The molecule has 0 unspecified atom stereocenters. The van der Waals surface area contributed by atoms with E-state index in [0.717, 1.165) is 36.4 Å². The van der Waals surface area contributed by atoms with Crippen molar-refractivity contribution in [2.24, 2.45) is 0 Å². The van der Waals surface area contributed by atoms with Crippen LogP contribution >= 0.6 is 0 Å². The molecule has 0 spiro atoms. The summed E-state index contributed by atoms with van der Waals surface area (Å²) in [5.74, 6) is 0. The zero-order valence-electron chi connectivity index (χ0n) is 18.3. The van der Waals surface area contributed by atoms with Gasteiger partial charge in [-0.05, 0) is 72.8 Å². The van der Waals surface area contributed by atoms with Gasteiger partial charge < -0.3 is 18.6 Å². The first-order chi connectivity index (χ1) is 14.3. The Hall–Kier alpha value is 2.10. The van der Waals surface area contributed by atoms with Crippen molar-refractivity contribution >= 4 is 47.4 Å². The molecule has 0 heterocycles. The third kappa shape index (κ3) is 9.69. The molecule has 0 N–H and O–H groups in total. The van der Waals surface area contributed by atoms with E-state index in [-0.39, 0.29) is 154 Å². The maximum atomic E-state index is 11.2. The molecule has 16 heteroatoms. The van der Waals surface area contributed by atoms with Gasteiger partial charge >= 0.3 is 154 Å². The fourth-order valence-corrected chi connectivity index (χ4v) is 4.14. The number of hydrogen-bond acceptors (Lipinski definition) is 10. The van der Waals surface area contributed by atoms with Crippen molar-refractivity contribution in [3.63, 3.8) is 0 Å². The van der Waals surface area contributed by atoms with Crippen molar-refractivity contribution in [3.8, 4) is 0 Å². The van der Waals surface area contributed by atoms with Gasteiger partial charge in [-0.25, -0.2) is 25.3 Å². The first-order valence-corrected chi connectivity index (χ1v) is 12.5. The summed E-state index contributed by atoms with van der Waals surface area (Å²) in [6, 6.07) is 14.2. The Bertz CT molecular complexity index is 1250. The van der Waals surface area contributed by atoms with Gasteiger partial charge in [0.25, 0.3) is 0 Å². The van der Waals surface area contributed by atoms with Gasteiger partial charge in [0.1, 0.15) is 30.4 Å². The van der Waals surface area contributed by atoms with E-state index in [9.17, 15) is 38.9 Å². The molecule has 164 valence electrons. The molecule has 0 saturated carbocycles. The summed E-state index contributed by atoms with van der Waals surface area (Å²) in [7, 11) is -14.1. The largest absolute Gasteiger partial charge is 1.00 e. The normalized spacial score (nSPS) is 11.4.